The molecule has 0 fully saturated rings. The maximum absolute atomic E-state index is 11.6. The molecule has 0 atom stereocenters. The van der Waals surface area contributed by atoms with Crippen molar-refractivity contribution in [1.82, 2.24) is 14.8 Å². The Morgan fingerprint density at radius 1 is 1.16 bits per heavy atom. The van der Waals surface area contributed by atoms with Crippen LogP contribution in [0.25, 0.3) is 16.6 Å². The van der Waals surface area contributed by atoms with Gasteiger partial charge in [0.05, 0.1) is 7.11 Å². The average molecular weight is 253 g/mol. The molecule has 3 rings (SSSR count). The third kappa shape index (κ3) is 1.95. The van der Waals surface area contributed by atoms with E-state index in [9.17, 15) is 4.79 Å². The molecule has 0 spiro atoms. The van der Waals surface area contributed by atoms with Crippen LogP contribution in [-0.4, -0.2) is 27.9 Å². The summed E-state index contributed by atoms with van der Waals surface area (Å²) in [5.74, 6) is -0.486. The predicted molar refractivity (Wildman–Crippen MR) is 69.8 cm³/mol. The van der Waals surface area contributed by atoms with Gasteiger partial charge in [0.15, 0.2) is 5.69 Å². The molecule has 0 N–H and O–H groups in total. The second-order valence-electron chi connectivity index (χ2n) is 4.04. The molecular formula is C14H11N3O2. The van der Waals surface area contributed by atoms with Gasteiger partial charge >= 0.3 is 5.97 Å². The van der Waals surface area contributed by atoms with Crippen LogP contribution in [0.5, 0.6) is 0 Å². The number of hydrogen-bond acceptors (Lipinski definition) is 4. The number of benzene rings is 1. The van der Waals surface area contributed by atoms with Gasteiger partial charge in [0.1, 0.15) is 5.52 Å². The average Bonchev–Trinajstić information content (AvgIpc) is 2.90. The van der Waals surface area contributed by atoms with E-state index in [0.717, 1.165) is 11.1 Å². The highest BCUT2D eigenvalue weighted by Gasteiger charge is 2.15. The van der Waals surface area contributed by atoms with E-state index in [2.05, 4.69) is 10.3 Å². The second kappa shape index (κ2) is 4.53. The predicted octanol–water partition coefficient (Wildman–Crippen LogP) is 2.18. The molecule has 0 bridgehead atoms. The number of pyridine rings is 1. The van der Waals surface area contributed by atoms with Crippen LogP contribution in [0.15, 0.2) is 48.7 Å². The van der Waals surface area contributed by atoms with E-state index in [1.54, 1.807) is 10.7 Å². The Morgan fingerprint density at radius 3 is 2.68 bits per heavy atom. The molecule has 2 heterocycles. The molecule has 2 aromatic heterocycles. The molecule has 0 saturated carbocycles. The highest BCUT2D eigenvalue weighted by atomic mass is 16.5. The molecule has 0 saturated heterocycles. The van der Waals surface area contributed by atoms with Crippen molar-refractivity contribution in [2.45, 2.75) is 0 Å². The third-order valence-electron chi connectivity index (χ3n) is 2.90. The van der Waals surface area contributed by atoms with E-state index in [1.807, 2.05) is 42.5 Å². The quantitative estimate of drug-likeness (QED) is 0.657. The van der Waals surface area contributed by atoms with E-state index in [-0.39, 0.29) is 5.69 Å². The monoisotopic (exact) mass is 253 g/mol. The fraction of sp³-hybridized carbons (Fsp3) is 0.0714. The van der Waals surface area contributed by atoms with Gasteiger partial charge in [-0.05, 0) is 23.3 Å². The van der Waals surface area contributed by atoms with Gasteiger partial charge < -0.3 is 4.74 Å². The van der Waals surface area contributed by atoms with Crippen molar-refractivity contribution < 1.29 is 9.53 Å². The summed E-state index contributed by atoms with van der Waals surface area (Å²) < 4.78 is 6.25. The Labute approximate surface area is 109 Å². The van der Waals surface area contributed by atoms with Crippen LogP contribution >= 0.6 is 0 Å². The number of ether oxygens (including phenoxy) is 1. The van der Waals surface area contributed by atoms with E-state index in [0.29, 0.717) is 5.52 Å². The first-order valence-electron chi connectivity index (χ1n) is 5.78. The fourth-order valence-electron chi connectivity index (χ4n) is 1.94. The van der Waals surface area contributed by atoms with Gasteiger partial charge in [-0.3, -0.25) is 0 Å². The number of esters is 1. The Kier molecular flexibility index (Phi) is 2.72. The SMILES string of the molecule is COC(=O)c1nnn2ccc(-c3ccccc3)cc12. The number of nitrogens with zero attached hydrogens (tertiary/aromatic N) is 3. The topological polar surface area (TPSA) is 56.5 Å². The normalized spacial score (nSPS) is 10.6. The van der Waals surface area contributed by atoms with E-state index >= 15 is 0 Å². The van der Waals surface area contributed by atoms with Crippen molar-refractivity contribution >= 4 is 11.5 Å². The summed E-state index contributed by atoms with van der Waals surface area (Å²) in [6.45, 7) is 0. The summed E-state index contributed by atoms with van der Waals surface area (Å²) >= 11 is 0. The summed E-state index contributed by atoms with van der Waals surface area (Å²) in [5, 5.41) is 7.73. The highest BCUT2D eigenvalue weighted by Crippen LogP contribution is 2.21. The third-order valence-corrected chi connectivity index (χ3v) is 2.90. The molecule has 19 heavy (non-hydrogen) atoms. The van der Waals surface area contributed by atoms with E-state index in [4.69, 9.17) is 4.74 Å². The summed E-state index contributed by atoms with van der Waals surface area (Å²) in [4.78, 5) is 11.6. The van der Waals surface area contributed by atoms with Gasteiger partial charge in [0.2, 0.25) is 0 Å². The molecule has 3 aromatic rings. The van der Waals surface area contributed by atoms with Gasteiger partial charge in [0.25, 0.3) is 0 Å². The van der Waals surface area contributed by atoms with Crippen LogP contribution in [0.3, 0.4) is 0 Å². The number of fused-ring (bicyclic) bond motifs is 1. The lowest BCUT2D eigenvalue weighted by atomic mass is 10.1. The van der Waals surface area contributed by atoms with Crippen molar-refractivity contribution in [2.24, 2.45) is 0 Å². The van der Waals surface area contributed by atoms with E-state index < -0.39 is 5.97 Å². The smallest absolute Gasteiger partial charge is 0.360 e. The maximum Gasteiger partial charge on any atom is 0.360 e. The number of methoxy groups -OCH3 is 1. The van der Waals surface area contributed by atoms with Gasteiger partial charge in [-0.2, -0.15) is 0 Å². The van der Waals surface area contributed by atoms with Crippen molar-refractivity contribution in [1.29, 1.82) is 0 Å². The van der Waals surface area contributed by atoms with Crippen LogP contribution in [-0.2, 0) is 4.74 Å². The van der Waals surface area contributed by atoms with Crippen molar-refractivity contribution in [3.63, 3.8) is 0 Å². The molecule has 94 valence electrons. The minimum Gasteiger partial charge on any atom is -0.464 e. The Hall–Kier alpha value is -2.69. The minimum absolute atomic E-state index is 0.222. The lowest BCUT2D eigenvalue weighted by Crippen LogP contribution is -2.02. The fourth-order valence-corrected chi connectivity index (χ4v) is 1.94. The van der Waals surface area contributed by atoms with Crippen LogP contribution in [0.4, 0.5) is 0 Å². The molecule has 0 aliphatic rings. The molecular weight excluding hydrogens is 242 g/mol. The van der Waals surface area contributed by atoms with Gasteiger partial charge in [-0.15, -0.1) is 5.10 Å². The number of aromatic nitrogens is 3. The summed E-state index contributed by atoms with van der Waals surface area (Å²) in [6, 6.07) is 13.7. The number of carbonyl (C=O) groups excluding carboxylic acids is 1. The first-order chi connectivity index (χ1) is 9.29. The standard InChI is InChI=1S/C14H11N3O2/c1-19-14(18)13-12-9-11(7-8-17(12)16-15-13)10-5-3-2-4-6-10/h2-9H,1H3. The number of hydrogen-bond donors (Lipinski definition) is 0. The first-order valence-corrected chi connectivity index (χ1v) is 5.78. The first kappa shape index (κ1) is 11.4. The second-order valence-corrected chi connectivity index (χ2v) is 4.04. The summed E-state index contributed by atoms with van der Waals surface area (Å²) in [6.07, 6.45) is 1.77. The highest BCUT2D eigenvalue weighted by molar-refractivity contribution is 5.95. The Morgan fingerprint density at radius 2 is 1.95 bits per heavy atom. The van der Waals surface area contributed by atoms with Crippen molar-refractivity contribution in [3.8, 4) is 11.1 Å². The number of rotatable bonds is 2. The van der Waals surface area contributed by atoms with Gasteiger partial charge in [0, 0.05) is 6.20 Å². The van der Waals surface area contributed by atoms with Crippen LogP contribution in [0, 0.1) is 0 Å². The number of carbonyl (C=O) groups is 1. The Balaban J connectivity index is 2.17. The van der Waals surface area contributed by atoms with Crippen molar-refractivity contribution in [3.05, 3.63) is 54.4 Å². The zero-order valence-electron chi connectivity index (χ0n) is 10.3. The minimum atomic E-state index is -0.486. The largest absolute Gasteiger partial charge is 0.464 e. The maximum atomic E-state index is 11.6. The molecule has 0 amide bonds. The Bertz CT molecular complexity index is 735. The van der Waals surface area contributed by atoms with Crippen LogP contribution in [0.1, 0.15) is 10.5 Å². The molecule has 0 aliphatic heterocycles. The van der Waals surface area contributed by atoms with Crippen LogP contribution < -0.4 is 0 Å². The molecule has 5 nitrogen and oxygen atoms in total. The molecule has 0 unspecified atom stereocenters. The summed E-state index contributed by atoms with van der Waals surface area (Å²) in [7, 11) is 1.33. The van der Waals surface area contributed by atoms with E-state index in [1.165, 1.54) is 7.11 Å². The molecule has 0 radical (unpaired) electrons. The van der Waals surface area contributed by atoms with Crippen molar-refractivity contribution in [2.75, 3.05) is 7.11 Å². The summed E-state index contributed by atoms with van der Waals surface area (Å²) in [5.41, 5.74) is 2.93. The lowest BCUT2D eigenvalue weighted by molar-refractivity contribution is 0.0596. The lowest BCUT2D eigenvalue weighted by Gasteiger charge is -2.02. The molecule has 5 heteroatoms. The zero-order valence-corrected chi connectivity index (χ0v) is 10.3. The van der Waals surface area contributed by atoms with Gasteiger partial charge in [-0.25, -0.2) is 9.31 Å². The molecule has 0 aliphatic carbocycles. The zero-order chi connectivity index (χ0) is 13.2. The van der Waals surface area contributed by atoms with Crippen LogP contribution in [0.2, 0.25) is 0 Å². The van der Waals surface area contributed by atoms with Gasteiger partial charge in [-0.1, -0.05) is 35.5 Å². The molecule has 1 aromatic carbocycles.